The van der Waals surface area contributed by atoms with E-state index >= 15 is 0 Å². The van der Waals surface area contributed by atoms with Crippen LogP contribution in [-0.4, -0.2) is 25.1 Å². The number of carbonyl (C=O) groups excluding carboxylic acids is 1. The fraction of sp³-hybridized carbons (Fsp3) is 0.111. The van der Waals surface area contributed by atoms with Crippen LogP contribution in [0, 0.1) is 0 Å². The Balaban J connectivity index is 2.07. The molecule has 1 heterocycles. The van der Waals surface area contributed by atoms with Crippen molar-refractivity contribution >= 4 is 16.8 Å². The van der Waals surface area contributed by atoms with Crippen molar-refractivity contribution in [1.82, 2.24) is 4.98 Å². The maximum Gasteiger partial charge on any atom is 0.248 e. The zero-order valence-corrected chi connectivity index (χ0v) is 13.3. The zero-order valence-electron chi connectivity index (χ0n) is 13.3. The second-order valence-corrected chi connectivity index (χ2v) is 4.99. The van der Waals surface area contributed by atoms with E-state index in [1.165, 1.54) is 0 Å². The SMILES string of the molecule is COc1ccc2nccc(Oc3ccc(C(N)=O)cc3)c2c1OC. The molecule has 1 aromatic heterocycles. The molecule has 0 unspecified atom stereocenters. The van der Waals surface area contributed by atoms with Crippen LogP contribution in [0.5, 0.6) is 23.0 Å². The Hall–Kier alpha value is -3.28. The number of carbonyl (C=O) groups is 1. The number of amides is 1. The predicted octanol–water partition coefficient (Wildman–Crippen LogP) is 3.14. The summed E-state index contributed by atoms with van der Waals surface area (Å²) in [6, 6.07) is 11.9. The van der Waals surface area contributed by atoms with E-state index in [1.807, 2.05) is 6.07 Å². The van der Waals surface area contributed by atoms with E-state index < -0.39 is 5.91 Å². The van der Waals surface area contributed by atoms with Crippen LogP contribution in [0.25, 0.3) is 10.9 Å². The third-order valence-corrected chi connectivity index (χ3v) is 3.58. The molecule has 122 valence electrons. The number of nitrogens with zero attached hydrogens (tertiary/aromatic N) is 1. The molecule has 0 saturated heterocycles. The molecule has 3 rings (SSSR count). The highest BCUT2D eigenvalue weighted by Crippen LogP contribution is 2.41. The number of methoxy groups -OCH3 is 2. The first-order valence-corrected chi connectivity index (χ1v) is 7.21. The Bertz CT molecular complexity index is 891. The van der Waals surface area contributed by atoms with E-state index in [1.54, 1.807) is 56.8 Å². The average molecular weight is 324 g/mol. The topological polar surface area (TPSA) is 83.7 Å². The molecular weight excluding hydrogens is 308 g/mol. The van der Waals surface area contributed by atoms with E-state index in [9.17, 15) is 4.79 Å². The number of aromatic nitrogens is 1. The summed E-state index contributed by atoms with van der Waals surface area (Å²) in [5.74, 6) is 1.79. The average Bonchev–Trinajstić information content (AvgIpc) is 2.61. The molecule has 0 fully saturated rings. The minimum Gasteiger partial charge on any atom is -0.493 e. The summed E-state index contributed by atoms with van der Waals surface area (Å²) < 4.78 is 16.7. The van der Waals surface area contributed by atoms with Gasteiger partial charge in [0.2, 0.25) is 5.91 Å². The lowest BCUT2D eigenvalue weighted by molar-refractivity contribution is 0.100. The van der Waals surface area contributed by atoms with Crippen LogP contribution in [0.15, 0.2) is 48.7 Å². The van der Waals surface area contributed by atoms with Crippen molar-refractivity contribution in [3.8, 4) is 23.0 Å². The lowest BCUT2D eigenvalue weighted by Crippen LogP contribution is -2.10. The second kappa shape index (κ2) is 6.45. The molecule has 0 bridgehead atoms. The van der Waals surface area contributed by atoms with Gasteiger partial charge in [-0.15, -0.1) is 0 Å². The first-order valence-electron chi connectivity index (χ1n) is 7.21. The molecule has 3 aromatic rings. The molecule has 0 aliphatic carbocycles. The van der Waals surface area contributed by atoms with Crippen LogP contribution in [0.1, 0.15) is 10.4 Å². The molecule has 0 radical (unpaired) electrons. The molecule has 0 aliphatic heterocycles. The molecule has 24 heavy (non-hydrogen) atoms. The lowest BCUT2D eigenvalue weighted by Gasteiger charge is -2.14. The zero-order chi connectivity index (χ0) is 17.1. The number of benzene rings is 2. The van der Waals surface area contributed by atoms with Gasteiger partial charge in [0.25, 0.3) is 0 Å². The summed E-state index contributed by atoms with van der Waals surface area (Å²) >= 11 is 0. The Morgan fingerprint density at radius 2 is 1.71 bits per heavy atom. The van der Waals surface area contributed by atoms with Crippen molar-refractivity contribution in [3.63, 3.8) is 0 Å². The van der Waals surface area contributed by atoms with Crippen LogP contribution in [-0.2, 0) is 0 Å². The summed E-state index contributed by atoms with van der Waals surface area (Å²) in [5, 5.41) is 0.707. The maximum absolute atomic E-state index is 11.1. The first kappa shape index (κ1) is 15.6. The monoisotopic (exact) mass is 324 g/mol. The highest BCUT2D eigenvalue weighted by molar-refractivity contribution is 5.94. The van der Waals surface area contributed by atoms with E-state index in [4.69, 9.17) is 19.9 Å². The molecule has 0 saturated carbocycles. The third kappa shape index (κ3) is 2.81. The van der Waals surface area contributed by atoms with Crippen molar-refractivity contribution < 1.29 is 19.0 Å². The van der Waals surface area contributed by atoms with Crippen LogP contribution in [0.2, 0.25) is 0 Å². The Labute approximate surface area is 138 Å². The Morgan fingerprint density at radius 3 is 2.33 bits per heavy atom. The highest BCUT2D eigenvalue weighted by Gasteiger charge is 2.15. The fourth-order valence-corrected chi connectivity index (χ4v) is 2.43. The Morgan fingerprint density at radius 1 is 0.958 bits per heavy atom. The van der Waals surface area contributed by atoms with Crippen molar-refractivity contribution in [2.24, 2.45) is 5.73 Å². The largest absolute Gasteiger partial charge is 0.493 e. The number of pyridine rings is 1. The van der Waals surface area contributed by atoms with Crippen LogP contribution < -0.4 is 19.9 Å². The summed E-state index contributed by atoms with van der Waals surface area (Å²) in [6.07, 6.45) is 1.65. The fourth-order valence-electron chi connectivity index (χ4n) is 2.43. The van der Waals surface area contributed by atoms with Gasteiger partial charge in [0.1, 0.15) is 11.5 Å². The van der Waals surface area contributed by atoms with Gasteiger partial charge in [0.15, 0.2) is 11.5 Å². The number of ether oxygens (including phenoxy) is 3. The number of rotatable bonds is 5. The number of nitrogens with two attached hydrogens (primary N) is 1. The van der Waals surface area contributed by atoms with Gasteiger partial charge in [-0.25, -0.2) is 0 Å². The molecule has 1 amide bonds. The van der Waals surface area contributed by atoms with Crippen LogP contribution in [0.3, 0.4) is 0 Å². The van der Waals surface area contributed by atoms with E-state index in [2.05, 4.69) is 4.98 Å². The smallest absolute Gasteiger partial charge is 0.248 e. The summed E-state index contributed by atoms with van der Waals surface area (Å²) in [6.45, 7) is 0. The highest BCUT2D eigenvalue weighted by atomic mass is 16.5. The van der Waals surface area contributed by atoms with Crippen molar-refractivity contribution in [3.05, 3.63) is 54.2 Å². The van der Waals surface area contributed by atoms with Gasteiger partial charge in [0.05, 0.1) is 25.1 Å². The maximum atomic E-state index is 11.1. The van der Waals surface area contributed by atoms with Crippen molar-refractivity contribution in [2.75, 3.05) is 14.2 Å². The van der Waals surface area contributed by atoms with Gasteiger partial charge in [0, 0.05) is 11.8 Å². The van der Waals surface area contributed by atoms with Gasteiger partial charge < -0.3 is 19.9 Å². The molecule has 0 aliphatic rings. The standard InChI is InChI=1S/C18H16N2O4/c1-22-15-8-7-13-16(17(15)23-2)14(9-10-20-13)24-12-5-3-11(4-6-12)18(19)21/h3-10H,1-2H3,(H2,19,21). The van der Waals surface area contributed by atoms with Gasteiger partial charge in [-0.2, -0.15) is 0 Å². The minimum absolute atomic E-state index is 0.418. The molecule has 6 heteroatoms. The molecular formula is C18H16N2O4. The molecule has 2 N–H and O–H groups in total. The van der Waals surface area contributed by atoms with E-state index in [0.717, 1.165) is 5.52 Å². The quantitative estimate of drug-likeness (QED) is 0.779. The van der Waals surface area contributed by atoms with Crippen molar-refractivity contribution in [2.45, 2.75) is 0 Å². The molecule has 2 aromatic carbocycles. The van der Waals surface area contributed by atoms with Crippen molar-refractivity contribution in [1.29, 1.82) is 0 Å². The van der Waals surface area contributed by atoms with Gasteiger partial charge in [-0.3, -0.25) is 9.78 Å². The molecule has 6 nitrogen and oxygen atoms in total. The minimum atomic E-state index is -0.484. The normalized spacial score (nSPS) is 10.4. The number of hydrogen-bond donors (Lipinski definition) is 1. The van der Waals surface area contributed by atoms with Gasteiger partial charge in [-0.1, -0.05) is 0 Å². The number of primary amides is 1. The van der Waals surface area contributed by atoms with Crippen LogP contribution in [0.4, 0.5) is 0 Å². The first-order chi connectivity index (χ1) is 11.6. The third-order valence-electron chi connectivity index (χ3n) is 3.58. The molecule has 0 spiro atoms. The number of fused-ring (bicyclic) bond motifs is 1. The summed E-state index contributed by atoms with van der Waals surface area (Å²) in [5.41, 5.74) is 6.38. The van der Waals surface area contributed by atoms with E-state index in [-0.39, 0.29) is 0 Å². The van der Waals surface area contributed by atoms with E-state index in [0.29, 0.717) is 33.9 Å². The predicted molar refractivity (Wildman–Crippen MR) is 89.9 cm³/mol. The van der Waals surface area contributed by atoms with Crippen LogP contribution >= 0.6 is 0 Å². The lowest BCUT2D eigenvalue weighted by atomic mass is 10.1. The van der Waals surface area contributed by atoms with Gasteiger partial charge in [-0.05, 0) is 42.5 Å². The second-order valence-electron chi connectivity index (χ2n) is 4.99. The molecule has 0 atom stereocenters. The Kier molecular flexibility index (Phi) is 4.20. The summed E-state index contributed by atoms with van der Waals surface area (Å²) in [4.78, 5) is 15.5. The summed E-state index contributed by atoms with van der Waals surface area (Å²) in [7, 11) is 3.14. The van der Waals surface area contributed by atoms with Gasteiger partial charge >= 0.3 is 0 Å². The number of hydrogen-bond acceptors (Lipinski definition) is 5.